The van der Waals surface area contributed by atoms with Gasteiger partial charge in [-0.05, 0) is 46.7 Å². The van der Waals surface area contributed by atoms with Gasteiger partial charge in [-0.1, -0.05) is 73.7 Å². The fourth-order valence-electron chi connectivity index (χ4n) is 2.85. The predicted octanol–water partition coefficient (Wildman–Crippen LogP) is 6.45. The number of hydrogen-bond acceptors (Lipinski definition) is 0. The summed E-state index contributed by atoms with van der Waals surface area (Å²) in [6, 6.07) is 21.7. The van der Waals surface area contributed by atoms with Crippen molar-refractivity contribution in [2.45, 2.75) is 19.8 Å². The minimum absolute atomic E-state index is 0.191. The van der Waals surface area contributed by atoms with Crippen molar-refractivity contribution in [1.82, 2.24) is 0 Å². The second-order valence-corrected chi connectivity index (χ2v) is 5.93. The molecule has 0 aliphatic carbocycles. The summed E-state index contributed by atoms with van der Waals surface area (Å²) in [6.45, 7) is 5.87. The molecule has 0 aliphatic rings. The fraction of sp³-hybridized carbons (Fsp3) is 0.130. The van der Waals surface area contributed by atoms with Crippen molar-refractivity contribution < 1.29 is 4.39 Å². The van der Waals surface area contributed by atoms with Gasteiger partial charge < -0.3 is 0 Å². The van der Waals surface area contributed by atoms with Crippen LogP contribution in [-0.4, -0.2) is 0 Å². The third-order valence-electron chi connectivity index (χ3n) is 4.31. The number of halogens is 1. The van der Waals surface area contributed by atoms with E-state index in [2.05, 4.69) is 37.8 Å². The Kier molecular flexibility index (Phi) is 4.90. The maximum Gasteiger partial charge on any atom is 0.131 e. The minimum atomic E-state index is -0.191. The van der Waals surface area contributed by atoms with Gasteiger partial charge in [0.15, 0.2) is 0 Å². The van der Waals surface area contributed by atoms with Gasteiger partial charge in [-0.2, -0.15) is 0 Å². The van der Waals surface area contributed by atoms with E-state index in [9.17, 15) is 4.39 Å². The van der Waals surface area contributed by atoms with Crippen LogP contribution in [0, 0.1) is 5.82 Å². The molecule has 0 bridgehead atoms. The number of rotatable bonds is 5. The van der Waals surface area contributed by atoms with Gasteiger partial charge in [-0.15, -0.1) is 6.58 Å². The summed E-state index contributed by atoms with van der Waals surface area (Å²) in [7, 11) is 0. The molecule has 0 aromatic heterocycles. The lowest BCUT2D eigenvalue weighted by atomic mass is 9.98. The molecule has 0 spiro atoms. The van der Waals surface area contributed by atoms with Crippen molar-refractivity contribution in [1.29, 1.82) is 0 Å². The zero-order chi connectivity index (χ0) is 16.9. The number of aryl methyl sites for hydroxylation is 1. The van der Waals surface area contributed by atoms with Crippen LogP contribution < -0.4 is 0 Å². The van der Waals surface area contributed by atoms with Gasteiger partial charge in [0.2, 0.25) is 0 Å². The molecule has 0 unspecified atom stereocenters. The van der Waals surface area contributed by atoms with Crippen molar-refractivity contribution in [3.8, 4) is 22.3 Å². The molecule has 3 rings (SSSR count). The molecule has 24 heavy (non-hydrogen) atoms. The van der Waals surface area contributed by atoms with Crippen molar-refractivity contribution in [2.75, 3.05) is 0 Å². The summed E-state index contributed by atoms with van der Waals surface area (Å²) >= 11 is 0. The van der Waals surface area contributed by atoms with E-state index in [0.29, 0.717) is 5.56 Å². The van der Waals surface area contributed by atoms with Crippen LogP contribution in [0.25, 0.3) is 22.3 Å². The summed E-state index contributed by atoms with van der Waals surface area (Å²) in [5.41, 5.74) is 5.95. The zero-order valence-electron chi connectivity index (χ0n) is 13.9. The van der Waals surface area contributed by atoms with Gasteiger partial charge in [-0.3, -0.25) is 0 Å². The quantitative estimate of drug-likeness (QED) is 0.474. The lowest BCUT2D eigenvalue weighted by molar-refractivity contribution is 0.632. The normalized spacial score (nSPS) is 10.6. The summed E-state index contributed by atoms with van der Waals surface area (Å²) in [5.74, 6) is -0.191. The number of benzene rings is 3. The van der Waals surface area contributed by atoms with Gasteiger partial charge in [0, 0.05) is 5.56 Å². The predicted molar refractivity (Wildman–Crippen MR) is 101 cm³/mol. The standard InChI is InChI=1S/C23H21F/c1-3-5-18-8-12-20(13-9-18)22-15-14-21(16-23(22)24)19-10-6-17(4-2)7-11-19/h3,6-16H,1,4-5H2,2H3. The first-order chi connectivity index (χ1) is 11.7. The highest BCUT2D eigenvalue weighted by Crippen LogP contribution is 2.28. The van der Waals surface area contributed by atoms with Gasteiger partial charge >= 0.3 is 0 Å². The second kappa shape index (κ2) is 7.27. The Balaban J connectivity index is 1.89. The lowest BCUT2D eigenvalue weighted by Crippen LogP contribution is -1.88. The second-order valence-electron chi connectivity index (χ2n) is 5.93. The van der Waals surface area contributed by atoms with E-state index in [0.717, 1.165) is 29.5 Å². The van der Waals surface area contributed by atoms with Gasteiger partial charge in [-0.25, -0.2) is 4.39 Å². The smallest absolute Gasteiger partial charge is 0.131 e. The molecule has 120 valence electrons. The van der Waals surface area contributed by atoms with Gasteiger partial charge in [0.1, 0.15) is 5.82 Å². The Bertz CT molecular complexity index is 827. The Labute approximate surface area is 143 Å². The molecule has 0 aliphatic heterocycles. The monoisotopic (exact) mass is 316 g/mol. The maximum atomic E-state index is 14.6. The van der Waals surface area contributed by atoms with E-state index in [-0.39, 0.29) is 5.82 Å². The van der Waals surface area contributed by atoms with Crippen LogP contribution in [0.1, 0.15) is 18.1 Å². The molecule has 1 heteroatoms. The van der Waals surface area contributed by atoms with Gasteiger partial charge in [0.25, 0.3) is 0 Å². The molecular weight excluding hydrogens is 295 g/mol. The zero-order valence-corrected chi connectivity index (χ0v) is 13.9. The Morgan fingerprint density at radius 3 is 1.96 bits per heavy atom. The molecule has 0 nitrogen and oxygen atoms in total. The van der Waals surface area contributed by atoms with Crippen molar-refractivity contribution >= 4 is 0 Å². The topological polar surface area (TPSA) is 0 Å². The summed E-state index contributed by atoms with van der Waals surface area (Å²) < 4.78 is 14.6. The summed E-state index contributed by atoms with van der Waals surface area (Å²) in [5, 5.41) is 0. The van der Waals surface area contributed by atoms with E-state index in [4.69, 9.17) is 0 Å². The highest BCUT2D eigenvalue weighted by atomic mass is 19.1. The van der Waals surface area contributed by atoms with E-state index in [1.165, 1.54) is 11.1 Å². The first-order valence-electron chi connectivity index (χ1n) is 8.30. The molecule has 3 aromatic rings. The van der Waals surface area contributed by atoms with Crippen LogP contribution >= 0.6 is 0 Å². The lowest BCUT2D eigenvalue weighted by Gasteiger charge is -2.08. The van der Waals surface area contributed by atoms with Crippen LogP contribution in [0.4, 0.5) is 4.39 Å². The molecular formula is C23H21F. The minimum Gasteiger partial charge on any atom is -0.206 e. The highest BCUT2D eigenvalue weighted by Gasteiger charge is 2.07. The van der Waals surface area contributed by atoms with Gasteiger partial charge in [0.05, 0.1) is 0 Å². The Hall–Kier alpha value is -2.67. The van der Waals surface area contributed by atoms with E-state index in [1.54, 1.807) is 6.07 Å². The van der Waals surface area contributed by atoms with Crippen molar-refractivity contribution in [3.63, 3.8) is 0 Å². The molecule has 0 fully saturated rings. The molecule has 3 aromatic carbocycles. The van der Waals surface area contributed by atoms with Crippen LogP contribution in [0.3, 0.4) is 0 Å². The SMILES string of the molecule is C=CCc1ccc(-c2ccc(-c3ccc(CC)cc3)cc2F)cc1. The van der Waals surface area contributed by atoms with Crippen molar-refractivity contribution in [2.24, 2.45) is 0 Å². The molecule has 0 heterocycles. The average molecular weight is 316 g/mol. The van der Waals surface area contributed by atoms with E-state index < -0.39 is 0 Å². The maximum absolute atomic E-state index is 14.6. The third kappa shape index (κ3) is 3.46. The van der Waals surface area contributed by atoms with Crippen molar-refractivity contribution in [3.05, 3.63) is 96.3 Å². The summed E-state index contributed by atoms with van der Waals surface area (Å²) in [4.78, 5) is 0. The summed E-state index contributed by atoms with van der Waals surface area (Å²) in [6.07, 6.45) is 3.71. The molecule has 0 radical (unpaired) electrons. The molecule has 0 atom stereocenters. The average Bonchev–Trinajstić information content (AvgIpc) is 2.63. The van der Waals surface area contributed by atoms with Crippen LogP contribution in [0.15, 0.2) is 79.4 Å². The molecule has 0 amide bonds. The highest BCUT2D eigenvalue weighted by molar-refractivity contribution is 5.71. The van der Waals surface area contributed by atoms with Crippen LogP contribution in [0.2, 0.25) is 0 Å². The van der Waals surface area contributed by atoms with Crippen LogP contribution in [-0.2, 0) is 12.8 Å². The fourth-order valence-corrected chi connectivity index (χ4v) is 2.85. The van der Waals surface area contributed by atoms with E-state index in [1.807, 2.05) is 42.5 Å². The largest absolute Gasteiger partial charge is 0.206 e. The van der Waals surface area contributed by atoms with Crippen LogP contribution in [0.5, 0.6) is 0 Å². The Morgan fingerprint density at radius 1 is 0.792 bits per heavy atom. The number of hydrogen-bond donors (Lipinski definition) is 0. The molecule has 0 N–H and O–H groups in total. The van der Waals surface area contributed by atoms with E-state index >= 15 is 0 Å². The first-order valence-corrected chi connectivity index (χ1v) is 8.30. The Morgan fingerprint density at radius 2 is 1.38 bits per heavy atom. The third-order valence-corrected chi connectivity index (χ3v) is 4.31. The number of allylic oxidation sites excluding steroid dienone is 1. The molecule has 0 saturated carbocycles. The first kappa shape index (κ1) is 16.2. The molecule has 0 saturated heterocycles.